The number of carbonyl (C=O) groups excluding carboxylic acids is 2. The standard InChI is InChI=1S/C23H27N3O3/c1-29-20-9-7-18(8-10-20)16-26-23(28)21-15-19(12-14-24-21)22(27)25-13-11-17-5-3-2-4-6-17/h5,7-10,12,14-15H,2-4,6,11,13,16H2,1H3,(H,25,27)(H,26,28). The van der Waals surface area contributed by atoms with Crippen molar-refractivity contribution < 1.29 is 14.3 Å². The summed E-state index contributed by atoms with van der Waals surface area (Å²) in [6.07, 6.45) is 9.42. The zero-order chi connectivity index (χ0) is 20.5. The van der Waals surface area contributed by atoms with Crippen molar-refractivity contribution >= 4 is 11.8 Å². The van der Waals surface area contributed by atoms with Crippen LogP contribution in [0.5, 0.6) is 5.75 Å². The number of methoxy groups -OCH3 is 1. The maximum atomic E-state index is 12.4. The molecule has 0 atom stereocenters. The first-order valence-corrected chi connectivity index (χ1v) is 9.99. The molecule has 152 valence electrons. The lowest BCUT2D eigenvalue weighted by Gasteiger charge is -2.13. The minimum atomic E-state index is -0.317. The van der Waals surface area contributed by atoms with Crippen LogP contribution in [0, 0.1) is 0 Å². The van der Waals surface area contributed by atoms with Crippen molar-refractivity contribution in [3.05, 3.63) is 71.1 Å². The van der Waals surface area contributed by atoms with E-state index < -0.39 is 0 Å². The van der Waals surface area contributed by atoms with Crippen LogP contribution >= 0.6 is 0 Å². The number of nitrogens with zero attached hydrogens (tertiary/aromatic N) is 1. The summed E-state index contributed by atoms with van der Waals surface area (Å²) in [5.74, 6) is 0.260. The van der Waals surface area contributed by atoms with E-state index in [4.69, 9.17) is 4.74 Å². The van der Waals surface area contributed by atoms with Crippen LogP contribution in [0.4, 0.5) is 0 Å². The minimum absolute atomic E-state index is 0.187. The van der Waals surface area contributed by atoms with Gasteiger partial charge in [0.2, 0.25) is 0 Å². The summed E-state index contributed by atoms with van der Waals surface area (Å²) >= 11 is 0. The second-order valence-corrected chi connectivity index (χ2v) is 7.07. The Kier molecular flexibility index (Phi) is 7.39. The summed E-state index contributed by atoms with van der Waals surface area (Å²) in [5.41, 5.74) is 3.03. The zero-order valence-electron chi connectivity index (χ0n) is 16.7. The van der Waals surface area contributed by atoms with Gasteiger partial charge in [0, 0.05) is 24.8 Å². The average Bonchev–Trinajstić information content (AvgIpc) is 2.78. The molecule has 1 aromatic carbocycles. The number of amides is 2. The van der Waals surface area contributed by atoms with Crippen LogP contribution in [-0.4, -0.2) is 30.5 Å². The van der Waals surface area contributed by atoms with Gasteiger partial charge in [0.1, 0.15) is 11.4 Å². The Labute approximate surface area is 171 Å². The monoisotopic (exact) mass is 393 g/mol. The van der Waals surface area contributed by atoms with E-state index in [-0.39, 0.29) is 17.5 Å². The predicted octanol–water partition coefficient (Wildman–Crippen LogP) is 3.64. The lowest BCUT2D eigenvalue weighted by atomic mass is 9.97. The van der Waals surface area contributed by atoms with Gasteiger partial charge in [-0.1, -0.05) is 23.8 Å². The molecule has 6 nitrogen and oxygen atoms in total. The van der Waals surface area contributed by atoms with Gasteiger partial charge in [0.05, 0.1) is 7.11 Å². The normalized spacial score (nSPS) is 13.3. The topological polar surface area (TPSA) is 80.3 Å². The third-order valence-corrected chi connectivity index (χ3v) is 4.98. The van der Waals surface area contributed by atoms with Crippen LogP contribution < -0.4 is 15.4 Å². The van der Waals surface area contributed by atoms with Crippen LogP contribution in [0.1, 0.15) is 58.5 Å². The van der Waals surface area contributed by atoms with Crippen LogP contribution in [0.2, 0.25) is 0 Å². The molecule has 3 rings (SSSR count). The number of aromatic nitrogens is 1. The van der Waals surface area contributed by atoms with E-state index in [1.54, 1.807) is 13.2 Å². The molecule has 2 amide bonds. The summed E-state index contributed by atoms with van der Waals surface area (Å²) in [5, 5.41) is 5.75. The number of rotatable bonds is 8. The molecule has 0 radical (unpaired) electrons. The van der Waals surface area contributed by atoms with Gasteiger partial charge in [-0.25, -0.2) is 0 Å². The molecule has 1 heterocycles. The molecule has 0 unspecified atom stereocenters. The molecular weight excluding hydrogens is 366 g/mol. The molecule has 1 aliphatic rings. The van der Waals surface area contributed by atoms with Gasteiger partial charge in [0.25, 0.3) is 11.8 Å². The number of allylic oxidation sites excluding steroid dienone is 1. The number of hydrogen-bond acceptors (Lipinski definition) is 4. The van der Waals surface area contributed by atoms with Crippen LogP contribution in [-0.2, 0) is 6.54 Å². The van der Waals surface area contributed by atoms with Crippen molar-refractivity contribution in [1.29, 1.82) is 0 Å². The van der Waals surface area contributed by atoms with Crippen LogP contribution in [0.25, 0.3) is 0 Å². The average molecular weight is 393 g/mol. The van der Waals surface area contributed by atoms with Crippen LogP contribution in [0.3, 0.4) is 0 Å². The lowest BCUT2D eigenvalue weighted by Crippen LogP contribution is -2.27. The van der Waals surface area contributed by atoms with E-state index in [9.17, 15) is 9.59 Å². The Morgan fingerprint density at radius 3 is 2.62 bits per heavy atom. The molecule has 2 aromatic rings. The fraction of sp³-hybridized carbons (Fsp3) is 0.348. The Hall–Kier alpha value is -3.15. The highest BCUT2D eigenvalue weighted by atomic mass is 16.5. The molecule has 6 heteroatoms. The van der Waals surface area contributed by atoms with Crippen molar-refractivity contribution in [3.8, 4) is 5.75 Å². The van der Waals surface area contributed by atoms with Gasteiger partial charge in [0.15, 0.2) is 0 Å². The van der Waals surface area contributed by atoms with Gasteiger partial charge in [-0.05, 0) is 61.9 Å². The smallest absolute Gasteiger partial charge is 0.270 e. The Morgan fingerprint density at radius 1 is 1.07 bits per heavy atom. The van der Waals surface area contributed by atoms with Crippen molar-refractivity contribution in [2.75, 3.05) is 13.7 Å². The highest BCUT2D eigenvalue weighted by molar-refractivity contribution is 5.98. The van der Waals surface area contributed by atoms with Gasteiger partial charge < -0.3 is 15.4 Å². The van der Waals surface area contributed by atoms with E-state index in [2.05, 4.69) is 21.7 Å². The Bertz CT molecular complexity index is 875. The SMILES string of the molecule is COc1ccc(CNC(=O)c2cc(C(=O)NCCC3=CCCCC3)ccn2)cc1. The molecule has 0 bridgehead atoms. The Balaban J connectivity index is 1.51. The summed E-state index contributed by atoms with van der Waals surface area (Å²) in [7, 11) is 1.61. The lowest BCUT2D eigenvalue weighted by molar-refractivity contribution is 0.0946. The first kappa shape index (κ1) is 20.6. The third-order valence-electron chi connectivity index (χ3n) is 4.98. The highest BCUT2D eigenvalue weighted by Crippen LogP contribution is 2.19. The summed E-state index contributed by atoms with van der Waals surface area (Å²) in [4.78, 5) is 28.9. The number of ether oxygens (including phenoxy) is 1. The molecule has 0 saturated carbocycles. The molecule has 0 fully saturated rings. The molecule has 0 spiro atoms. The zero-order valence-corrected chi connectivity index (χ0v) is 16.7. The minimum Gasteiger partial charge on any atom is -0.497 e. The molecular formula is C23H27N3O3. The molecule has 0 aliphatic heterocycles. The first-order valence-electron chi connectivity index (χ1n) is 9.99. The quantitative estimate of drug-likeness (QED) is 0.671. The van der Waals surface area contributed by atoms with E-state index >= 15 is 0 Å². The largest absolute Gasteiger partial charge is 0.497 e. The van der Waals surface area contributed by atoms with Gasteiger partial charge in [-0.2, -0.15) is 0 Å². The van der Waals surface area contributed by atoms with Gasteiger partial charge in [-0.3, -0.25) is 14.6 Å². The highest BCUT2D eigenvalue weighted by Gasteiger charge is 2.12. The number of benzene rings is 1. The third kappa shape index (κ3) is 6.17. The Morgan fingerprint density at radius 2 is 1.90 bits per heavy atom. The van der Waals surface area contributed by atoms with E-state index in [1.165, 1.54) is 30.7 Å². The number of carbonyl (C=O) groups is 2. The van der Waals surface area contributed by atoms with E-state index in [0.29, 0.717) is 18.7 Å². The number of nitrogens with one attached hydrogen (secondary N) is 2. The molecule has 0 saturated heterocycles. The predicted molar refractivity (Wildman–Crippen MR) is 112 cm³/mol. The molecule has 2 N–H and O–H groups in total. The fourth-order valence-corrected chi connectivity index (χ4v) is 3.28. The maximum Gasteiger partial charge on any atom is 0.270 e. The summed E-state index contributed by atoms with van der Waals surface area (Å²) in [6, 6.07) is 10.6. The van der Waals surface area contributed by atoms with E-state index in [1.807, 2.05) is 24.3 Å². The molecule has 29 heavy (non-hydrogen) atoms. The number of hydrogen-bond donors (Lipinski definition) is 2. The van der Waals surface area contributed by atoms with Crippen molar-refractivity contribution in [2.24, 2.45) is 0 Å². The second kappa shape index (κ2) is 10.4. The van der Waals surface area contributed by atoms with Crippen LogP contribution in [0.15, 0.2) is 54.2 Å². The van der Waals surface area contributed by atoms with Crippen molar-refractivity contribution in [1.82, 2.24) is 15.6 Å². The van der Waals surface area contributed by atoms with Gasteiger partial charge in [-0.15, -0.1) is 0 Å². The fourth-order valence-electron chi connectivity index (χ4n) is 3.28. The first-order chi connectivity index (χ1) is 14.2. The van der Waals surface area contributed by atoms with E-state index in [0.717, 1.165) is 30.6 Å². The van der Waals surface area contributed by atoms with Crippen molar-refractivity contribution in [3.63, 3.8) is 0 Å². The molecule has 1 aromatic heterocycles. The maximum absolute atomic E-state index is 12.4. The number of pyridine rings is 1. The van der Waals surface area contributed by atoms with Gasteiger partial charge >= 0.3 is 0 Å². The van der Waals surface area contributed by atoms with Crippen molar-refractivity contribution in [2.45, 2.75) is 38.6 Å². The summed E-state index contributed by atoms with van der Waals surface area (Å²) in [6.45, 7) is 0.974. The summed E-state index contributed by atoms with van der Waals surface area (Å²) < 4.78 is 5.12. The second-order valence-electron chi connectivity index (χ2n) is 7.07. The molecule has 1 aliphatic carbocycles.